The molecule has 0 saturated carbocycles. The Morgan fingerprint density at radius 2 is 2.16 bits per heavy atom. The molecule has 0 fully saturated rings. The Bertz CT molecular complexity index is 642. The fraction of sp³-hybridized carbons (Fsp3) is 0.200. The lowest BCUT2D eigenvalue weighted by atomic mass is 10.2. The second-order valence-electron chi connectivity index (χ2n) is 3.75. The number of benzene rings is 1. The second kappa shape index (κ2) is 4.69. The molecule has 0 radical (unpaired) electrons. The SMILES string of the molecule is CC(O)c1cn(-c2c([N+](=O)[O-])ccc(F)c2F)nn1. The van der Waals surface area contributed by atoms with Gasteiger partial charge in [-0.1, -0.05) is 5.21 Å². The number of aliphatic hydroxyl groups excluding tert-OH is 1. The number of nitro groups is 1. The van der Waals surface area contributed by atoms with Gasteiger partial charge in [0.1, 0.15) is 5.69 Å². The predicted molar refractivity (Wildman–Crippen MR) is 58.6 cm³/mol. The maximum absolute atomic E-state index is 13.7. The number of aliphatic hydroxyl groups is 1. The van der Waals surface area contributed by atoms with E-state index >= 15 is 0 Å². The van der Waals surface area contributed by atoms with Crippen molar-refractivity contribution in [2.75, 3.05) is 0 Å². The molecule has 1 aromatic carbocycles. The second-order valence-corrected chi connectivity index (χ2v) is 3.75. The summed E-state index contributed by atoms with van der Waals surface area (Å²) in [6.45, 7) is 1.39. The van der Waals surface area contributed by atoms with Gasteiger partial charge in [-0.15, -0.1) is 5.10 Å². The number of hydrogen-bond acceptors (Lipinski definition) is 5. The normalized spacial score (nSPS) is 12.4. The van der Waals surface area contributed by atoms with Gasteiger partial charge in [0.05, 0.1) is 17.2 Å². The molecule has 0 saturated heterocycles. The fourth-order valence-electron chi connectivity index (χ4n) is 1.47. The Morgan fingerprint density at radius 1 is 1.47 bits per heavy atom. The van der Waals surface area contributed by atoms with E-state index in [1.54, 1.807) is 0 Å². The molecule has 0 aliphatic heterocycles. The van der Waals surface area contributed by atoms with E-state index in [9.17, 15) is 24.0 Å². The average Bonchev–Trinajstić information content (AvgIpc) is 2.81. The Morgan fingerprint density at radius 3 is 2.68 bits per heavy atom. The third kappa shape index (κ3) is 2.27. The third-order valence-electron chi connectivity index (χ3n) is 2.41. The largest absolute Gasteiger partial charge is 0.387 e. The summed E-state index contributed by atoms with van der Waals surface area (Å²) in [5.74, 6) is -2.65. The van der Waals surface area contributed by atoms with Crippen LogP contribution >= 0.6 is 0 Å². The van der Waals surface area contributed by atoms with E-state index in [0.717, 1.165) is 16.9 Å². The highest BCUT2D eigenvalue weighted by Crippen LogP contribution is 2.27. The van der Waals surface area contributed by atoms with Crippen molar-refractivity contribution in [3.05, 3.63) is 45.8 Å². The summed E-state index contributed by atoms with van der Waals surface area (Å²) in [6, 6.07) is 1.49. The fourth-order valence-corrected chi connectivity index (χ4v) is 1.47. The zero-order valence-electron chi connectivity index (χ0n) is 9.62. The molecule has 2 aromatic rings. The van der Waals surface area contributed by atoms with Gasteiger partial charge in [-0.05, 0) is 13.0 Å². The van der Waals surface area contributed by atoms with Crippen LogP contribution in [0, 0.1) is 21.7 Å². The van der Waals surface area contributed by atoms with Crippen molar-refractivity contribution in [3.8, 4) is 5.69 Å². The monoisotopic (exact) mass is 270 g/mol. The molecule has 1 N–H and O–H groups in total. The van der Waals surface area contributed by atoms with Gasteiger partial charge in [0, 0.05) is 6.07 Å². The Hall–Kier alpha value is -2.42. The molecular weight excluding hydrogens is 262 g/mol. The lowest BCUT2D eigenvalue weighted by molar-refractivity contribution is -0.384. The summed E-state index contributed by atoms with van der Waals surface area (Å²) in [5, 5.41) is 27.0. The van der Waals surface area contributed by atoms with Crippen LogP contribution in [0.3, 0.4) is 0 Å². The van der Waals surface area contributed by atoms with E-state index in [1.165, 1.54) is 6.92 Å². The van der Waals surface area contributed by atoms with E-state index in [-0.39, 0.29) is 5.69 Å². The number of nitrogens with zero attached hydrogens (tertiary/aromatic N) is 4. The van der Waals surface area contributed by atoms with Crippen LogP contribution in [0.4, 0.5) is 14.5 Å². The summed E-state index contributed by atoms with van der Waals surface area (Å²) in [7, 11) is 0. The van der Waals surface area contributed by atoms with Crippen LogP contribution in [0.15, 0.2) is 18.3 Å². The first-order valence-corrected chi connectivity index (χ1v) is 5.15. The summed E-state index contributed by atoms with van der Waals surface area (Å²) in [4.78, 5) is 9.95. The topological polar surface area (TPSA) is 94.1 Å². The summed E-state index contributed by atoms with van der Waals surface area (Å²) < 4.78 is 27.6. The highest BCUT2D eigenvalue weighted by atomic mass is 19.2. The summed E-state index contributed by atoms with van der Waals surface area (Å²) in [6.07, 6.45) is 0.111. The van der Waals surface area contributed by atoms with Gasteiger partial charge >= 0.3 is 0 Å². The van der Waals surface area contributed by atoms with Crippen molar-refractivity contribution in [1.29, 1.82) is 0 Å². The molecule has 0 amide bonds. The van der Waals surface area contributed by atoms with Crippen LogP contribution in [0.1, 0.15) is 18.7 Å². The maximum atomic E-state index is 13.7. The van der Waals surface area contributed by atoms with Gasteiger partial charge in [-0.2, -0.15) is 0 Å². The predicted octanol–water partition coefficient (Wildman–Crippen LogP) is 1.51. The van der Waals surface area contributed by atoms with E-state index in [2.05, 4.69) is 10.3 Å². The number of rotatable bonds is 3. The molecule has 0 aliphatic rings. The molecule has 0 spiro atoms. The molecule has 1 unspecified atom stereocenters. The van der Waals surface area contributed by atoms with Crippen LogP contribution in [0.5, 0.6) is 0 Å². The maximum Gasteiger partial charge on any atom is 0.298 e. The van der Waals surface area contributed by atoms with Gasteiger partial charge in [-0.25, -0.2) is 13.5 Å². The molecule has 9 heteroatoms. The van der Waals surface area contributed by atoms with Crippen molar-refractivity contribution >= 4 is 5.69 Å². The number of halogens is 2. The number of nitro benzene ring substituents is 1. The van der Waals surface area contributed by atoms with Crippen molar-refractivity contribution < 1.29 is 18.8 Å². The van der Waals surface area contributed by atoms with E-state index < -0.39 is 34.0 Å². The minimum Gasteiger partial charge on any atom is -0.387 e. The van der Waals surface area contributed by atoms with Crippen LogP contribution in [-0.2, 0) is 0 Å². The minimum atomic E-state index is -1.41. The standard InChI is InChI=1S/C10H8F2N4O3/c1-5(17)7-4-15(14-13-7)10-8(16(18)19)3-2-6(11)9(10)12/h2-5,17H,1H3. The average molecular weight is 270 g/mol. The van der Waals surface area contributed by atoms with Gasteiger partial charge in [0.25, 0.3) is 5.69 Å². The summed E-state index contributed by atoms with van der Waals surface area (Å²) >= 11 is 0. The first-order chi connectivity index (χ1) is 8.91. The molecule has 7 nitrogen and oxygen atoms in total. The lowest BCUT2D eigenvalue weighted by Crippen LogP contribution is -2.05. The minimum absolute atomic E-state index is 0.0814. The van der Waals surface area contributed by atoms with Crippen molar-refractivity contribution in [3.63, 3.8) is 0 Å². The smallest absolute Gasteiger partial charge is 0.298 e. The van der Waals surface area contributed by atoms with Crippen LogP contribution in [0.25, 0.3) is 5.69 Å². The number of hydrogen-bond donors (Lipinski definition) is 1. The van der Waals surface area contributed by atoms with Gasteiger partial charge in [0.2, 0.25) is 0 Å². The Labute approximate surface area is 105 Å². The van der Waals surface area contributed by atoms with Crippen molar-refractivity contribution in [2.24, 2.45) is 0 Å². The Kier molecular flexibility index (Phi) is 3.21. The summed E-state index contributed by atoms with van der Waals surface area (Å²) in [5.41, 5.74) is -1.23. The van der Waals surface area contributed by atoms with E-state index in [1.807, 2.05) is 0 Å². The lowest BCUT2D eigenvalue weighted by Gasteiger charge is -2.04. The first kappa shape index (κ1) is 13.0. The number of aromatic nitrogens is 3. The van der Waals surface area contributed by atoms with Crippen LogP contribution in [0.2, 0.25) is 0 Å². The van der Waals surface area contributed by atoms with Crippen molar-refractivity contribution in [1.82, 2.24) is 15.0 Å². The Balaban J connectivity index is 2.65. The first-order valence-electron chi connectivity index (χ1n) is 5.15. The van der Waals surface area contributed by atoms with Crippen LogP contribution in [-0.4, -0.2) is 25.0 Å². The van der Waals surface area contributed by atoms with Gasteiger partial charge in [-0.3, -0.25) is 10.1 Å². The highest BCUT2D eigenvalue weighted by molar-refractivity contribution is 5.53. The van der Waals surface area contributed by atoms with Crippen LogP contribution < -0.4 is 0 Å². The molecular formula is C10H8F2N4O3. The molecule has 100 valence electrons. The van der Waals surface area contributed by atoms with Crippen molar-refractivity contribution in [2.45, 2.75) is 13.0 Å². The molecule has 0 aliphatic carbocycles. The zero-order chi connectivity index (χ0) is 14.2. The van der Waals surface area contributed by atoms with Gasteiger partial charge < -0.3 is 5.11 Å². The highest BCUT2D eigenvalue weighted by Gasteiger charge is 2.24. The molecule has 0 bridgehead atoms. The third-order valence-corrected chi connectivity index (χ3v) is 2.41. The van der Waals surface area contributed by atoms with E-state index in [0.29, 0.717) is 6.07 Å². The zero-order valence-corrected chi connectivity index (χ0v) is 9.62. The van der Waals surface area contributed by atoms with Gasteiger partial charge in [0.15, 0.2) is 17.3 Å². The molecule has 1 atom stereocenters. The van der Waals surface area contributed by atoms with E-state index in [4.69, 9.17) is 0 Å². The molecule has 1 aromatic heterocycles. The molecule has 2 rings (SSSR count). The molecule has 1 heterocycles. The molecule has 19 heavy (non-hydrogen) atoms. The quantitative estimate of drug-likeness (QED) is 0.673.